The summed E-state index contributed by atoms with van der Waals surface area (Å²) in [6.45, 7) is 7.91. The smallest absolute Gasteiger partial charge is 0.251 e. The van der Waals surface area contributed by atoms with Crippen molar-refractivity contribution in [2.75, 3.05) is 51.3 Å². The number of methoxy groups -OCH3 is 1. The molecule has 7 heteroatoms. The topological polar surface area (TPSA) is 54.0 Å². The number of ether oxygens (including phenoxy) is 2. The molecule has 1 fully saturated rings. The summed E-state index contributed by atoms with van der Waals surface area (Å²) in [4.78, 5) is 17.4. The molecule has 0 bridgehead atoms. The standard InChI is InChI=1S/C24H30ClN3O3/c1-17(15-26-24(29)19-3-4-20-16-31-12-7-18(20)13-19)27-8-10-28(11-9-27)21-5-6-23(30-2)22(25)14-21/h3-6,13-14,17H,7-12,15-16H2,1-2H3,(H,26,29). The molecule has 0 saturated carbocycles. The van der Waals surface area contributed by atoms with Crippen LogP contribution in [0.15, 0.2) is 36.4 Å². The largest absolute Gasteiger partial charge is 0.495 e. The number of rotatable bonds is 6. The number of nitrogens with zero attached hydrogens (tertiary/aromatic N) is 2. The van der Waals surface area contributed by atoms with Crippen molar-refractivity contribution in [1.82, 2.24) is 10.2 Å². The first-order valence-electron chi connectivity index (χ1n) is 10.9. The van der Waals surface area contributed by atoms with Crippen LogP contribution in [0.3, 0.4) is 0 Å². The first-order valence-corrected chi connectivity index (χ1v) is 11.2. The lowest BCUT2D eigenvalue weighted by atomic mass is 10.00. The number of piperazine rings is 1. The van der Waals surface area contributed by atoms with Gasteiger partial charge in [-0.1, -0.05) is 17.7 Å². The first-order chi connectivity index (χ1) is 15.0. The molecule has 0 aliphatic carbocycles. The lowest BCUT2D eigenvalue weighted by Gasteiger charge is -2.39. The van der Waals surface area contributed by atoms with Crippen molar-refractivity contribution >= 4 is 23.2 Å². The van der Waals surface area contributed by atoms with Gasteiger partial charge in [0.15, 0.2) is 0 Å². The van der Waals surface area contributed by atoms with Crippen LogP contribution in [-0.2, 0) is 17.8 Å². The van der Waals surface area contributed by atoms with E-state index in [4.69, 9.17) is 21.1 Å². The van der Waals surface area contributed by atoms with Crippen molar-refractivity contribution in [3.8, 4) is 5.75 Å². The second-order valence-electron chi connectivity index (χ2n) is 8.19. The Balaban J connectivity index is 1.27. The molecule has 2 aromatic rings. The minimum atomic E-state index is -0.00680. The van der Waals surface area contributed by atoms with E-state index in [1.807, 2.05) is 30.3 Å². The van der Waals surface area contributed by atoms with Gasteiger partial charge >= 0.3 is 0 Å². The minimum absolute atomic E-state index is 0.00680. The van der Waals surface area contributed by atoms with E-state index in [1.54, 1.807) is 7.11 Å². The molecule has 4 rings (SSSR count). The third kappa shape index (κ3) is 5.14. The number of halogens is 1. The highest BCUT2D eigenvalue weighted by Gasteiger charge is 2.22. The number of fused-ring (bicyclic) bond motifs is 1. The highest BCUT2D eigenvalue weighted by atomic mass is 35.5. The molecule has 2 heterocycles. The maximum absolute atomic E-state index is 12.6. The van der Waals surface area contributed by atoms with Crippen LogP contribution in [0, 0.1) is 0 Å². The Kier molecular flexibility index (Phi) is 7.00. The molecule has 1 unspecified atom stereocenters. The average molecular weight is 444 g/mol. The number of carbonyl (C=O) groups excluding carboxylic acids is 1. The van der Waals surface area contributed by atoms with Crippen molar-refractivity contribution in [3.05, 3.63) is 58.1 Å². The molecule has 1 saturated heterocycles. The van der Waals surface area contributed by atoms with Gasteiger partial charge < -0.3 is 19.7 Å². The van der Waals surface area contributed by atoms with Gasteiger partial charge in [-0.3, -0.25) is 9.69 Å². The fourth-order valence-corrected chi connectivity index (χ4v) is 4.50. The summed E-state index contributed by atoms with van der Waals surface area (Å²) in [6, 6.07) is 12.1. The van der Waals surface area contributed by atoms with Crippen molar-refractivity contribution in [2.24, 2.45) is 0 Å². The number of nitrogens with one attached hydrogen (secondary N) is 1. The van der Waals surface area contributed by atoms with Gasteiger partial charge in [-0.25, -0.2) is 0 Å². The number of hydrogen-bond acceptors (Lipinski definition) is 5. The molecule has 1 atom stereocenters. The van der Waals surface area contributed by atoms with E-state index in [-0.39, 0.29) is 11.9 Å². The predicted molar refractivity (Wildman–Crippen MR) is 123 cm³/mol. The van der Waals surface area contributed by atoms with Crippen molar-refractivity contribution in [2.45, 2.75) is 26.0 Å². The van der Waals surface area contributed by atoms with Crippen molar-refractivity contribution < 1.29 is 14.3 Å². The molecule has 31 heavy (non-hydrogen) atoms. The Labute approximate surface area is 189 Å². The minimum Gasteiger partial charge on any atom is -0.495 e. The maximum Gasteiger partial charge on any atom is 0.251 e. The van der Waals surface area contributed by atoms with Gasteiger partial charge in [0, 0.05) is 50.0 Å². The molecule has 1 N–H and O–H groups in total. The third-order valence-corrected chi connectivity index (χ3v) is 6.53. The number of hydrogen-bond donors (Lipinski definition) is 1. The van der Waals surface area contributed by atoms with E-state index in [0.29, 0.717) is 23.9 Å². The molecular formula is C24H30ClN3O3. The Hall–Kier alpha value is -2.28. The molecule has 2 aromatic carbocycles. The second kappa shape index (κ2) is 9.90. The van der Waals surface area contributed by atoms with Crippen LogP contribution in [0.5, 0.6) is 5.75 Å². The summed E-state index contributed by atoms with van der Waals surface area (Å²) in [5.41, 5.74) is 4.26. The zero-order chi connectivity index (χ0) is 21.8. The van der Waals surface area contributed by atoms with E-state index in [0.717, 1.165) is 50.5 Å². The van der Waals surface area contributed by atoms with Crippen molar-refractivity contribution in [3.63, 3.8) is 0 Å². The predicted octanol–water partition coefficient (Wildman–Crippen LogP) is 3.36. The molecule has 2 aliphatic heterocycles. The zero-order valence-electron chi connectivity index (χ0n) is 18.2. The van der Waals surface area contributed by atoms with Crippen LogP contribution >= 0.6 is 11.6 Å². The normalized spacial score (nSPS) is 17.7. The number of anilines is 1. The highest BCUT2D eigenvalue weighted by Crippen LogP contribution is 2.29. The van der Waals surface area contributed by atoms with Crippen LogP contribution in [0.1, 0.15) is 28.4 Å². The molecule has 0 spiro atoms. The zero-order valence-corrected chi connectivity index (χ0v) is 19.0. The fraction of sp³-hybridized carbons (Fsp3) is 0.458. The molecule has 1 amide bonds. The molecular weight excluding hydrogens is 414 g/mol. The fourth-order valence-electron chi connectivity index (χ4n) is 4.25. The van der Waals surface area contributed by atoms with Gasteiger partial charge in [-0.05, 0) is 54.8 Å². The SMILES string of the molecule is COc1ccc(N2CCN(C(C)CNC(=O)c3ccc4c(c3)CCOC4)CC2)cc1Cl. The average Bonchev–Trinajstić information content (AvgIpc) is 2.82. The second-order valence-corrected chi connectivity index (χ2v) is 8.59. The quantitative estimate of drug-likeness (QED) is 0.741. The Morgan fingerprint density at radius 3 is 2.71 bits per heavy atom. The molecule has 0 radical (unpaired) electrons. The molecule has 166 valence electrons. The van der Waals surface area contributed by atoms with Crippen LogP contribution < -0.4 is 15.0 Å². The Morgan fingerprint density at radius 1 is 1.16 bits per heavy atom. The van der Waals surface area contributed by atoms with E-state index >= 15 is 0 Å². The number of amides is 1. The summed E-state index contributed by atoms with van der Waals surface area (Å²) in [6.07, 6.45) is 0.872. The van der Waals surface area contributed by atoms with Gasteiger partial charge in [0.1, 0.15) is 5.75 Å². The molecule has 2 aliphatic rings. The van der Waals surface area contributed by atoms with E-state index < -0.39 is 0 Å². The summed E-state index contributed by atoms with van der Waals surface area (Å²) in [5.74, 6) is 0.688. The van der Waals surface area contributed by atoms with Crippen LogP contribution in [-0.4, -0.2) is 63.3 Å². The van der Waals surface area contributed by atoms with Gasteiger partial charge in [-0.15, -0.1) is 0 Å². The lowest BCUT2D eigenvalue weighted by molar-refractivity contribution is 0.0932. The van der Waals surface area contributed by atoms with Gasteiger partial charge in [0.25, 0.3) is 5.91 Å². The lowest BCUT2D eigenvalue weighted by Crippen LogP contribution is -2.52. The summed E-state index contributed by atoms with van der Waals surface area (Å²) >= 11 is 6.28. The van der Waals surface area contributed by atoms with Crippen LogP contribution in [0.4, 0.5) is 5.69 Å². The van der Waals surface area contributed by atoms with Crippen LogP contribution in [0.25, 0.3) is 0 Å². The number of benzene rings is 2. The van der Waals surface area contributed by atoms with E-state index in [2.05, 4.69) is 28.1 Å². The van der Waals surface area contributed by atoms with Gasteiger partial charge in [0.2, 0.25) is 0 Å². The van der Waals surface area contributed by atoms with E-state index in [1.165, 1.54) is 11.1 Å². The highest BCUT2D eigenvalue weighted by molar-refractivity contribution is 6.32. The molecule has 6 nitrogen and oxygen atoms in total. The monoisotopic (exact) mass is 443 g/mol. The molecule has 0 aromatic heterocycles. The summed E-state index contributed by atoms with van der Waals surface area (Å²) < 4.78 is 10.7. The van der Waals surface area contributed by atoms with E-state index in [9.17, 15) is 4.79 Å². The van der Waals surface area contributed by atoms with Crippen LogP contribution in [0.2, 0.25) is 5.02 Å². The Morgan fingerprint density at radius 2 is 1.97 bits per heavy atom. The van der Waals surface area contributed by atoms with Crippen molar-refractivity contribution in [1.29, 1.82) is 0 Å². The van der Waals surface area contributed by atoms with Gasteiger partial charge in [0.05, 0.1) is 25.3 Å². The first kappa shape index (κ1) is 21.9. The third-order valence-electron chi connectivity index (χ3n) is 6.24. The van der Waals surface area contributed by atoms with Gasteiger partial charge in [-0.2, -0.15) is 0 Å². The maximum atomic E-state index is 12.6. The summed E-state index contributed by atoms with van der Waals surface area (Å²) in [5, 5.41) is 3.74. The number of carbonyl (C=O) groups is 1. The summed E-state index contributed by atoms with van der Waals surface area (Å²) in [7, 11) is 1.63. The Bertz CT molecular complexity index is 928.